The number of likely N-dealkylation sites (tertiary alicyclic amines) is 1. The number of ether oxygens (including phenoxy) is 2. The quantitative estimate of drug-likeness (QED) is 0.400. The molecule has 20 heavy (non-hydrogen) atoms. The van der Waals surface area contributed by atoms with Gasteiger partial charge in [0.2, 0.25) is 0 Å². The van der Waals surface area contributed by atoms with Crippen molar-refractivity contribution in [3.05, 3.63) is 0 Å². The molecule has 0 saturated carbocycles. The van der Waals surface area contributed by atoms with Gasteiger partial charge in [-0.2, -0.15) is 0 Å². The molecule has 118 valence electrons. The van der Waals surface area contributed by atoms with Crippen LogP contribution in [0.15, 0.2) is 4.99 Å². The van der Waals surface area contributed by atoms with Gasteiger partial charge in [0, 0.05) is 19.7 Å². The molecule has 0 bridgehead atoms. The largest absolute Gasteiger partial charge is 0.379 e. The lowest BCUT2D eigenvalue weighted by atomic mass is 10.2. The van der Waals surface area contributed by atoms with E-state index in [1.165, 1.54) is 32.1 Å². The first-order valence-corrected chi connectivity index (χ1v) is 8.05. The molecule has 0 atom stereocenters. The third-order valence-corrected chi connectivity index (χ3v) is 3.45. The van der Waals surface area contributed by atoms with Crippen LogP contribution in [0.25, 0.3) is 0 Å². The number of nitrogens with two attached hydrogens (primary N) is 1. The molecule has 2 N–H and O–H groups in total. The van der Waals surface area contributed by atoms with E-state index in [1.54, 1.807) is 0 Å². The minimum Gasteiger partial charge on any atom is -0.379 e. The molecule has 1 rings (SSSR count). The van der Waals surface area contributed by atoms with Crippen LogP contribution in [0.5, 0.6) is 0 Å². The van der Waals surface area contributed by atoms with Gasteiger partial charge >= 0.3 is 0 Å². The predicted molar refractivity (Wildman–Crippen MR) is 83.1 cm³/mol. The lowest BCUT2D eigenvalue weighted by Crippen LogP contribution is -2.38. The van der Waals surface area contributed by atoms with Crippen LogP contribution in [0, 0.1) is 0 Å². The van der Waals surface area contributed by atoms with Crippen molar-refractivity contribution in [2.45, 2.75) is 45.4 Å². The summed E-state index contributed by atoms with van der Waals surface area (Å²) in [6.07, 6.45) is 7.36. The van der Waals surface area contributed by atoms with Crippen molar-refractivity contribution < 1.29 is 9.47 Å². The molecule has 1 fully saturated rings. The number of nitrogens with zero attached hydrogens (tertiary/aromatic N) is 2. The summed E-state index contributed by atoms with van der Waals surface area (Å²) in [6, 6.07) is 0. The van der Waals surface area contributed by atoms with Crippen molar-refractivity contribution in [1.29, 1.82) is 0 Å². The van der Waals surface area contributed by atoms with Crippen LogP contribution in [0.3, 0.4) is 0 Å². The van der Waals surface area contributed by atoms with Crippen molar-refractivity contribution in [2.75, 3.05) is 46.1 Å². The summed E-state index contributed by atoms with van der Waals surface area (Å²) in [5, 5.41) is 0. The zero-order valence-corrected chi connectivity index (χ0v) is 13.0. The highest BCUT2D eigenvalue weighted by molar-refractivity contribution is 5.78. The maximum atomic E-state index is 6.01. The second kappa shape index (κ2) is 12.0. The van der Waals surface area contributed by atoms with E-state index in [9.17, 15) is 0 Å². The lowest BCUT2D eigenvalue weighted by Gasteiger charge is -2.21. The summed E-state index contributed by atoms with van der Waals surface area (Å²) in [6.45, 7) is 7.65. The topological polar surface area (TPSA) is 60.1 Å². The standard InChI is InChI=1S/C15H31N3O2/c1-2-3-11-19-13-14-20-12-8-17-15(16)18-9-6-4-5-7-10-18/h2-14H2,1H3,(H2,16,17). The smallest absolute Gasteiger partial charge is 0.191 e. The molecular weight excluding hydrogens is 254 g/mol. The number of aliphatic imine (C=N–C) groups is 1. The van der Waals surface area contributed by atoms with Crippen molar-refractivity contribution in [3.63, 3.8) is 0 Å². The first-order chi connectivity index (χ1) is 9.84. The van der Waals surface area contributed by atoms with Crippen LogP contribution in [-0.4, -0.2) is 56.9 Å². The molecule has 5 heteroatoms. The summed E-state index contributed by atoms with van der Waals surface area (Å²) in [5.74, 6) is 0.676. The van der Waals surface area contributed by atoms with Crippen LogP contribution in [-0.2, 0) is 9.47 Å². The number of guanidine groups is 1. The van der Waals surface area contributed by atoms with Gasteiger partial charge in [0.1, 0.15) is 0 Å². The van der Waals surface area contributed by atoms with E-state index in [2.05, 4.69) is 16.8 Å². The Kier molecular flexibility index (Phi) is 10.3. The van der Waals surface area contributed by atoms with E-state index in [-0.39, 0.29) is 0 Å². The fourth-order valence-corrected chi connectivity index (χ4v) is 2.19. The molecule has 1 saturated heterocycles. The van der Waals surface area contributed by atoms with Gasteiger partial charge in [0.15, 0.2) is 5.96 Å². The predicted octanol–water partition coefficient (Wildman–Crippen LogP) is 2.01. The maximum absolute atomic E-state index is 6.01. The number of unbranched alkanes of at least 4 members (excludes halogenated alkanes) is 1. The first-order valence-electron chi connectivity index (χ1n) is 8.05. The molecular formula is C15H31N3O2. The van der Waals surface area contributed by atoms with Gasteiger partial charge in [-0.1, -0.05) is 26.2 Å². The first kappa shape index (κ1) is 17.2. The monoisotopic (exact) mass is 285 g/mol. The third kappa shape index (κ3) is 8.38. The van der Waals surface area contributed by atoms with Crippen LogP contribution in [0.4, 0.5) is 0 Å². The van der Waals surface area contributed by atoms with E-state index < -0.39 is 0 Å². The molecule has 0 aromatic heterocycles. The Morgan fingerprint density at radius 3 is 2.30 bits per heavy atom. The van der Waals surface area contributed by atoms with Gasteiger partial charge in [-0.05, 0) is 19.3 Å². The molecule has 1 aliphatic heterocycles. The van der Waals surface area contributed by atoms with Crippen LogP contribution < -0.4 is 5.73 Å². The maximum Gasteiger partial charge on any atom is 0.191 e. The molecule has 1 aliphatic rings. The average Bonchev–Trinajstić information content (AvgIpc) is 2.74. The molecule has 0 aliphatic carbocycles. The Bertz CT molecular complexity index is 252. The van der Waals surface area contributed by atoms with E-state index >= 15 is 0 Å². The van der Waals surface area contributed by atoms with E-state index in [1.807, 2.05) is 0 Å². The highest BCUT2D eigenvalue weighted by Gasteiger charge is 2.10. The minimum atomic E-state index is 0.617. The molecule has 1 heterocycles. The molecule has 5 nitrogen and oxygen atoms in total. The molecule has 0 amide bonds. The zero-order chi connectivity index (χ0) is 14.5. The normalized spacial score (nSPS) is 17.2. The molecule has 0 unspecified atom stereocenters. The molecule has 0 spiro atoms. The number of hydrogen-bond acceptors (Lipinski definition) is 3. The zero-order valence-electron chi connectivity index (χ0n) is 13.0. The Balaban J connectivity index is 1.99. The summed E-state index contributed by atoms with van der Waals surface area (Å²) in [7, 11) is 0. The fraction of sp³-hybridized carbons (Fsp3) is 0.933. The second-order valence-electron chi connectivity index (χ2n) is 5.22. The Morgan fingerprint density at radius 1 is 1.00 bits per heavy atom. The fourth-order valence-electron chi connectivity index (χ4n) is 2.19. The highest BCUT2D eigenvalue weighted by Crippen LogP contribution is 2.08. The summed E-state index contributed by atoms with van der Waals surface area (Å²) >= 11 is 0. The minimum absolute atomic E-state index is 0.617. The van der Waals surface area contributed by atoms with Gasteiger partial charge in [-0.25, -0.2) is 0 Å². The van der Waals surface area contributed by atoms with E-state index in [4.69, 9.17) is 15.2 Å². The lowest BCUT2D eigenvalue weighted by molar-refractivity contribution is 0.0497. The van der Waals surface area contributed by atoms with Gasteiger partial charge < -0.3 is 20.1 Å². The molecule has 0 aromatic carbocycles. The summed E-state index contributed by atoms with van der Waals surface area (Å²) < 4.78 is 10.9. The third-order valence-electron chi connectivity index (χ3n) is 3.45. The van der Waals surface area contributed by atoms with Crippen molar-refractivity contribution in [3.8, 4) is 0 Å². The van der Waals surface area contributed by atoms with Crippen molar-refractivity contribution in [1.82, 2.24) is 4.90 Å². The Morgan fingerprint density at radius 2 is 1.65 bits per heavy atom. The van der Waals surface area contributed by atoms with Crippen molar-refractivity contribution >= 4 is 5.96 Å². The number of rotatable bonds is 9. The average molecular weight is 285 g/mol. The van der Waals surface area contributed by atoms with Gasteiger partial charge in [0.25, 0.3) is 0 Å². The molecule has 0 radical (unpaired) electrons. The van der Waals surface area contributed by atoms with Crippen LogP contribution >= 0.6 is 0 Å². The SMILES string of the molecule is CCCCOCCOCCN=C(N)N1CCCCCC1. The van der Waals surface area contributed by atoms with Crippen molar-refractivity contribution in [2.24, 2.45) is 10.7 Å². The van der Waals surface area contributed by atoms with E-state index in [0.29, 0.717) is 32.3 Å². The Labute approximate surface area is 123 Å². The van der Waals surface area contributed by atoms with Crippen LogP contribution in [0.1, 0.15) is 45.4 Å². The van der Waals surface area contributed by atoms with E-state index in [0.717, 1.165) is 26.1 Å². The van der Waals surface area contributed by atoms with Gasteiger partial charge in [-0.15, -0.1) is 0 Å². The van der Waals surface area contributed by atoms with Gasteiger partial charge in [0.05, 0.1) is 26.4 Å². The summed E-state index contributed by atoms with van der Waals surface area (Å²) in [5.41, 5.74) is 6.01. The Hall–Kier alpha value is -0.810. The van der Waals surface area contributed by atoms with Gasteiger partial charge in [-0.3, -0.25) is 4.99 Å². The molecule has 0 aromatic rings. The second-order valence-corrected chi connectivity index (χ2v) is 5.22. The number of hydrogen-bond donors (Lipinski definition) is 1. The highest BCUT2D eigenvalue weighted by atomic mass is 16.5. The summed E-state index contributed by atoms with van der Waals surface area (Å²) in [4.78, 5) is 6.59. The van der Waals surface area contributed by atoms with Crippen LogP contribution in [0.2, 0.25) is 0 Å².